The van der Waals surface area contributed by atoms with E-state index in [9.17, 15) is 0 Å². The summed E-state index contributed by atoms with van der Waals surface area (Å²) in [4.78, 5) is 0. The first-order valence-electron chi connectivity index (χ1n) is 5.42. The van der Waals surface area contributed by atoms with Crippen LogP contribution in [0, 0.1) is 5.41 Å². The van der Waals surface area contributed by atoms with E-state index in [4.69, 9.17) is 10.5 Å². The van der Waals surface area contributed by atoms with Gasteiger partial charge in [0.25, 0.3) is 0 Å². The lowest BCUT2D eigenvalue weighted by molar-refractivity contribution is -0.135. The molecule has 2 heteroatoms. The van der Waals surface area contributed by atoms with Crippen LogP contribution in [0.5, 0.6) is 0 Å². The first-order chi connectivity index (χ1) is 6.08. The van der Waals surface area contributed by atoms with Crippen molar-refractivity contribution in [3.05, 3.63) is 0 Å². The van der Waals surface area contributed by atoms with E-state index in [1.807, 2.05) is 0 Å². The van der Waals surface area contributed by atoms with E-state index < -0.39 is 0 Å². The van der Waals surface area contributed by atoms with Gasteiger partial charge in [-0.25, -0.2) is 0 Å². The molecular weight excluding hydrogens is 162 g/mol. The molecule has 0 aromatic heterocycles. The number of rotatable bonds is 3. The van der Waals surface area contributed by atoms with Gasteiger partial charge in [-0.15, -0.1) is 0 Å². The Hall–Kier alpha value is -0.0800. The largest absolute Gasteiger partial charge is 0.373 e. The molecule has 1 rings (SSSR count). The number of ether oxygens (including phenoxy) is 1. The quantitative estimate of drug-likeness (QED) is 0.732. The summed E-state index contributed by atoms with van der Waals surface area (Å²) in [7, 11) is 0. The predicted octanol–water partition coefficient (Wildman–Crippen LogP) is 2.32. The molecule has 1 saturated carbocycles. The number of hydrogen-bond acceptors (Lipinski definition) is 2. The first-order valence-corrected chi connectivity index (χ1v) is 5.42. The van der Waals surface area contributed by atoms with Crippen molar-refractivity contribution in [3.63, 3.8) is 0 Å². The van der Waals surface area contributed by atoms with Crippen molar-refractivity contribution in [3.8, 4) is 0 Å². The molecule has 2 N–H and O–H groups in total. The molecule has 0 bridgehead atoms. The van der Waals surface area contributed by atoms with E-state index in [0.717, 1.165) is 13.0 Å². The smallest absolute Gasteiger partial charge is 0.0854 e. The second kappa shape index (κ2) is 3.97. The highest BCUT2D eigenvalue weighted by Gasteiger charge is 2.46. The monoisotopic (exact) mass is 185 g/mol. The Kier molecular flexibility index (Phi) is 3.36. The zero-order valence-corrected chi connectivity index (χ0v) is 9.23. The molecule has 1 aliphatic carbocycles. The molecular formula is C11H23NO. The summed E-state index contributed by atoms with van der Waals surface area (Å²) < 4.78 is 5.91. The van der Waals surface area contributed by atoms with E-state index in [0.29, 0.717) is 6.54 Å². The summed E-state index contributed by atoms with van der Waals surface area (Å²) in [5.74, 6) is 0. The highest BCUT2D eigenvalue weighted by Crippen LogP contribution is 2.45. The maximum absolute atomic E-state index is 5.91. The molecule has 0 heterocycles. The Bertz CT molecular complexity index is 163. The molecule has 0 aromatic carbocycles. The molecule has 0 saturated heterocycles. The van der Waals surface area contributed by atoms with Crippen LogP contribution in [-0.4, -0.2) is 18.8 Å². The van der Waals surface area contributed by atoms with Crippen LogP contribution >= 0.6 is 0 Å². The SMILES string of the molecule is CCOC1(CN)CCCCC1(C)C. The van der Waals surface area contributed by atoms with Crippen LogP contribution in [0.2, 0.25) is 0 Å². The van der Waals surface area contributed by atoms with E-state index in [-0.39, 0.29) is 11.0 Å². The molecule has 0 amide bonds. The minimum atomic E-state index is -0.0556. The van der Waals surface area contributed by atoms with Gasteiger partial charge in [-0.05, 0) is 25.2 Å². The topological polar surface area (TPSA) is 35.2 Å². The lowest BCUT2D eigenvalue weighted by Gasteiger charge is -2.49. The zero-order valence-electron chi connectivity index (χ0n) is 9.23. The predicted molar refractivity (Wildman–Crippen MR) is 55.7 cm³/mol. The van der Waals surface area contributed by atoms with Crippen molar-refractivity contribution in [1.29, 1.82) is 0 Å². The second-order valence-corrected chi connectivity index (χ2v) is 4.72. The molecule has 0 spiro atoms. The maximum Gasteiger partial charge on any atom is 0.0854 e. The van der Waals surface area contributed by atoms with Gasteiger partial charge in [0.2, 0.25) is 0 Å². The van der Waals surface area contributed by atoms with Gasteiger partial charge in [0.15, 0.2) is 0 Å². The third-order valence-electron chi connectivity index (χ3n) is 3.62. The summed E-state index contributed by atoms with van der Waals surface area (Å²) in [5.41, 5.74) is 6.07. The Morgan fingerprint density at radius 1 is 1.23 bits per heavy atom. The average Bonchev–Trinajstić information content (AvgIpc) is 2.09. The van der Waals surface area contributed by atoms with Crippen molar-refractivity contribution in [2.45, 2.75) is 52.1 Å². The minimum Gasteiger partial charge on any atom is -0.373 e. The van der Waals surface area contributed by atoms with Crippen LogP contribution in [-0.2, 0) is 4.74 Å². The van der Waals surface area contributed by atoms with Crippen molar-refractivity contribution in [2.75, 3.05) is 13.2 Å². The standard InChI is InChI=1S/C11H23NO/c1-4-13-11(9-12)8-6-5-7-10(11,2)3/h4-9,12H2,1-3H3. The summed E-state index contributed by atoms with van der Waals surface area (Å²) >= 11 is 0. The summed E-state index contributed by atoms with van der Waals surface area (Å²) in [6, 6.07) is 0. The number of nitrogens with two attached hydrogens (primary N) is 1. The summed E-state index contributed by atoms with van der Waals surface area (Å²) in [5, 5.41) is 0. The van der Waals surface area contributed by atoms with Crippen molar-refractivity contribution < 1.29 is 4.74 Å². The van der Waals surface area contributed by atoms with Gasteiger partial charge in [0.05, 0.1) is 5.60 Å². The first kappa shape index (κ1) is 11.0. The van der Waals surface area contributed by atoms with Gasteiger partial charge in [0.1, 0.15) is 0 Å². The minimum absolute atomic E-state index is 0.0556. The molecule has 13 heavy (non-hydrogen) atoms. The van der Waals surface area contributed by atoms with Crippen LogP contribution in [0.25, 0.3) is 0 Å². The van der Waals surface area contributed by atoms with Crippen LogP contribution in [0.3, 0.4) is 0 Å². The van der Waals surface area contributed by atoms with Gasteiger partial charge >= 0.3 is 0 Å². The Balaban J connectivity index is 2.79. The fraction of sp³-hybridized carbons (Fsp3) is 1.00. The fourth-order valence-corrected chi connectivity index (χ4v) is 2.52. The van der Waals surface area contributed by atoms with Gasteiger partial charge in [-0.2, -0.15) is 0 Å². The number of hydrogen-bond donors (Lipinski definition) is 1. The fourth-order valence-electron chi connectivity index (χ4n) is 2.52. The molecule has 1 aliphatic rings. The van der Waals surface area contributed by atoms with Crippen molar-refractivity contribution >= 4 is 0 Å². The van der Waals surface area contributed by atoms with Crippen LogP contribution in [0.4, 0.5) is 0 Å². The van der Waals surface area contributed by atoms with Crippen molar-refractivity contribution in [1.82, 2.24) is 0 Å². The summed E-state index contributed by atoms with van der Waals surface area (Å²) in [6.45, 7) is 8.07. The third-order valence-corrected chi connectivity index (χ3v) is 3.62. The Morgan fingerprint density at radius 3 is 2.31 bits per heavy atom. The maximum atomic E-state index is 5.91. The summed E-state index contributed by atoms with van der Waals surface area (Å²) in [6.07, 6.45) is 4.96. The van der Waals surface area contributed by atoms with Crippen LogP contribution in [0.15, 0.2) is 0 Å². The van der Waals surface area contributed by atoms with Gasteiger partial charge in [-0.3, -0.25) is 0 Å². The van der Waals surface area contributed by atoms with Crippen LogP contribution in [0.1, 0.15) is 46.5 Å². The van der Waals surface area contributed by atoms with E-state index in [1.165, 1.54) is 19.3 Å². The molecule has 1 unspecified atom stereocenters. The molecule has 1 fully saturated rings. The highest BCUT2D eigenvalue weighted by molar-refractivity contribution is 4.98. The van der Waals surface area contributed by atoms with E-state index >= 15 is 0 Å². The Morgan fingerprint density at radius 2 is 1.85 bits per heavy atom. The normalized spacial score (nSPS) is 33.2. The van der Waals surface area contributed by atoms with Gasteiger partial charge < -0.3 is 10.5 Å². The molecule has 2 nitrogen and oxygen atoms in total. The lowest BCUT2D eigenvalue weighted by Crippen LogP contribution is -2.54. The molecule has 78 valence electrons. The molecule has 1 atom stereocenters. The van der Waals surface area contributed by atoms with E-state index in [2.05, 4.69) is 20.8 Å². The second-order valence-electron chi connectivity index (χ2n) is 4.72. The highest BCUT2D eigenvalue weighted by atomic mass is 16.5. The molecule has 0 aromatic rings. The van der Waals surface area contributed by atoms with Gasteiger partial charge in [0, 0.05) is 13.2 Å². The lowest BCUT2D eigenvalue weighted by atomic mass is 9.65. The van der Waals surface area contributed by atoms with E-state index in [1.54, 1.807) is 0 Å². The third kappa shape index (κ3) is 1.89. The van der Waals surface area contributed by atoms with Crippen LogP contribution < -0.4 is 5.73 Å². The Labute approximate surface area is 81.8 Å². The van der Waals surface area contributed by atoms with Crippen molar-refractivity contribution in [2.24, 2.45) is 11.1 Å². The molecule has 0 aliphatic heterocycles. The van der Waals surface area contributed by atoms with Gasteiger partial charge in [-0.1, -0.05) is 26.7 Å². The molecule has 0 radical (unpaired) electrons. The average molecular weight is 185 g/mol. The zero-order chi connectivity index (χ0) is 9.95.